The molecule has 0 aliphatic carbocycles. The summed E-state index contributed by atoms with van der Waals surface area (Å²) in [5.74, 6) is -1.32. The molecule has 2 rings (SSSR count). The summed E-state index contributed by atoms with van der Waals surface area (Å²) in [6.45, 7) is 2.18. The Balaban J connectivity index is 1.95. The molecule has 1 aromatic carbocycles. The van der Waals surface area contributed by atoms with E-state index in [0.717, 1.165) is 25.9 Å². The summed E-state index contributed by atoms with van der Waals surface area (Å²) >= 11 is 0. The Morgan fingerprint density at radius 1 is 1.15 bits per heavy atom. The van der Waals surface area contributed by atoms with Gasteiger partial charge in [0.15, 0.2) is 0 Å². The lowest BCUT2D eigenvalue weighted by atomic mass is 10.1. The van der Waals surface area contributed by atoms with E-state index >= 15 is 0 Å². The Morgan fingerprint density at radius 2 is 1.80 bits per heavy atom. The van der Waals surface area contributed by atoms with Gasteiger partial charge in [-0.05, 0) is 38.1 Å². The van der Waals surface area contributed by atoms with Gasteiger partial charge < -0.3 is 15.3 Å². The summed E-state index contributed by atoms with van der Waals surface area (Å²) in [6.07, 6.45) is 3.39. The second-order valence-corrected chi connectivity index (χ2v) is 5.09. The molecule has 108 valence electrons. The van der Waals surface area contributed by atoms with Crippen molar-refractivity contribution in [3.63, 3.8) is 0 Å². The van der Waals surface area contributed by atoms with Crippen molar-refractivity contribution < 1.29 is 14.7 Å². The smallest absolute Gasteiger partial charge is 0.327 e. The van der Waals surface area contributed by atoms with Crippen LogP contribution in [-0.4, -0.2) is 47.6 Å². The molecule has 1 aromatic rings. The lowest BCUT2D eigenvalue weighted by Gasteiger charge is -2.29. The van der Waals surface area contributed by atoms with Crippen LogP contribution in [0, 0.1) is 0 Å². The molecule has 1 aliphatic rings. The molecule has 1 saturated heterocycles. The van der Waals surface area contributed by atoms with Gasteiger partial charge >= 0.3 is 5.97 Å². The number of carboxylic acid groups (broad SMARTS) is 1. The molecule has 1 aliphatic heterocycles. The number of hydrogen-bond acceptors (Lipinski definition) is 3. The van der Waals surface area contributed by atoms with Crippen LogP contribution in [0.3, 0.4) is 0 Å². The van der Waals surface area contributed by atoms with E-state index in [1.807, 2.05) is 6.07 Å². The Labute approximate surface area is 118 Å². The van der Waals surface area contributed by atoms with Crippen LogP contribution >= 0.6 is 0 Å². The van der Waals surface area contributed by atoms with E-state index in [0.29, 0.717) is 12.1 Å². The number of nitrogens with one attached hydrogen (secondary N) is 1. The average Bonchev–Trinajstić information content (AvgIpc) is 2.48. The fourth-order valence-corrected chi connectivity index (χ4v) is 2.42. The predicted molar refractivity (Wildman–Crippen MR) is 75.6 cm³/mol. The van der Waals surface area contributed by atoms with Crippen LogP contribution < -0.4 is 5.32 Å². The number of likely N-dealkylation sites (tertiary alicyclic amines) is 1. The summed E-state index contributed by atoms with van der Waals surface area (Å²) in [6, 6.07) is 7.83. The van der Waals surface area contributed by atoms with Crippen LogP contribution in [-0.2, 0) is 4.79 Å². The van der Waals surface area contributed by atoms with Crippen molar-refractivity contribution in [2.75, 3.05) is 19.6 Å². The van der Waals surface area contributed by atoms with Gasteiger partial charge in [0.2, 0.25) is 0 Å². The van der Waals surface area contributed by atoms with Crippen LogP contribution in [0.25, 0.3) is 0 Å². The third-order valence-corrected chi connectivity index (χ3v) is 3.53. The number of nitrogens with zero attached hydrogens (tertiary/aromatic N) is 1. The molecule has 1 atom stereocenters. The molecule has 20 heavy (non-hydrogen) atoms. The molecule has 1 heterocycles. The van der Waals surface area contributed by atoms with Crippen molar-refractivity contribution >= 4 is 11.9 Å². The van der Waals surface area contributed by atoms with Gasteiger partial charge in [0.1, 0.15) is 6.04 Å². The molecule has 1 fully saturated rings. The maximum atomic E-state index is 12.0. The van der Waals surface area contributed by atoms with Gasteiger partial charge in [0, 0.05) is 12.1 Å². The summed E-state index contributed by atoms with van der Waals surface area (Å²) < 4.78 is 0. The lowest BCUT2D eigenvalue weighted by molar-refractivity contribution is -0.139. The minimum absolute atomic E-state index is 0.338. The van der Waals surface area contributed by atoms with E-state index in [-0.39, 0.29) is 5.91 Å². The van der Waals surface area contributed by atoms with Crippen LogP contribution in [0.4, 0.5) is 0 Å². The van der Waals surface area contributed by atoms with Crippen molar-refractivity contribution in [1.29, 1.82) is 0 Å². The Morgan fingerprint density at radius 3 is 2.40 bits per heavy atom. The number of carboxylic acids is 1. The van der Waals surface area contributed by atoms with E-state index in [1.165, 1.54) is 6.42 Å². The molecule has 5 nitrogen and oxygen atoms in total. The molecule has 0 unspecified atom stereocenters. The predicted octanol–water partition coefficient (Wildman–Crippen LogP) is 1.36. The first-order valence-electron chi connectivity index (χ1n) is 6.98. The van der Waals surface area contributed by atoms with Crippen molar-refractivity contribution in [1.82, 2.24) is 10.2 Å². The third kappa shape index (κ3) is 4.06. The molecular formula is C15H20N2O3. The highest BCUT2D eigenvalue weighted by atomic mass is 16.4. The molecule has 0 aromatic heterocycles. The first-order valence-corrected chi connectivity index (χ1v) is 6.98. The molecule has 0 saturated carbocycles. The SMILES string of the molecule is O=C(N[C@@H](CN1CCCCC1)C(=O)O)c1ccccc1. The van der Waals surface area contributed by atoms with Crippen molar-refractivity contribution in [2.45, 2.75) is 25.3 Å². The van der Waals surface area contributed by atoms with Gasteiger partial charge in [-0.2, -0.15) is 0 Å². The summed E-state index contributed by atoms with van der Waals surface area (Å²) in [7, 11) is 0. The molecule has 0 bridgehead atoms. The van der Waals surface area contributed by atoms with Gasteiger partial charge in [0.05, 0.1) is 0 Å². The summed E-state index contributed by atoms with van der Waals surface area (Å²) in [5.41, 5.74) is 0.484. The number of hydrogen-bond donors (Lipinski definition) is 2. The molecule has 0 spiro atoms. The quantitative estimate of drug-likeness (QED) is 0.852. The molecule has 2 N–H and O–H groups in total. The van der Waals surface area contributed by atoms with Crippen LogP contribution in [0.1, 0.15) is 29.6 Å². The number of benzene rings is 1. The van der Waals surface area contributed by atoms with E-state index in [9.17, 15) is 14.7 Å². The normalized spacial score (nSPS) is 17.4. The number of carbonyl (C=O) groups excluding carboxylic acids is 1. The van der Waals surface area contributed by atoms with E-state index in [4.69, 9.17) is 0 Å². The van der Waals surface area contributed by atoms with E-state index in [1.54, 1.807) is 24.3 Å². The number of carbonyl (C=O) groups is 2. The minimum atomic E-state index is -0.986. The zero-order valence-electron chi connectivity index (χ0n) is 11.4. The van der Waals surface area contributed by atoms with Gasteiger partial charge in [0.25, 0.3) is 5.91 Å². The van der Waals surface area contributed by atoms with Crippen LogP contribution in [0.15, 0.2) is 30.3 Å². The highest BCUT2D eigenvalue weighted by molar-refractivity contribution is 5.96. The number of rotatable bonds is 5. The summed E-state index contributed by atoms with van der Waals surface area (Å²) in [4.78, 5) is 25.4. The average molecular weight is 276 g/mol. The van der Waals surface area contributed by atoms with Crippen LogP contribution in [0.2, 0.25) is 0 Å². The molecular weight excluding hydrogens is 256 g/mol. The van der Waals surface area contributed by atoms with Gasteiger partial charge in [-0.15, -0.1) is 0 Å². The van der Waals surface area contributed by atoms with Crippen molar-refractivity contribution in [2.24, 2.45) is 0 Å². The first-order chi connectivity index (χ1) is 9.66. The van der Waals surface area contributed by atoms with E-state index < -0.39 is 12.0 Å². The minimum Gasteiger partial charge on any atom is -0.480 e. The number of piperidine rings is 1. The first kappa shape index (κ1) is 14.5. The second-order valence-electron chi connectivity index (χ2n) is 5.09. The zero-order valence-corrected chi connectivity index (χ0v) is 11.4. The maximum absolute atomic E-state index is 12.0. The third-order valence-electron chi connectivity index (χ3n) is 3.53. The van der Waals surface area contributed by atoms with Crippen LogP contribution in [0.5, 0.6) is 0 Å². The van der Waals surface area contributed by atoms with Crippen molar-refractivity contribution in [3.8, 4) is 0 Å². The topological polar surface area (TPSA) is 69.6 Å². The second kappa shape index (κ2) is 7.05. The number of aliphatic carboxylic acids is 1. The largest absolute Gasteiger partial charge is 0.480 e. The fourth-order valence-electron chi connectivity index (χ4n) is 2.42. The fraction of sp³-hybridized carbons (Fsp3) is 0.467. The Bertz CT molecular complexity index is 455. The van der Waals surface area contributed by atoms with Crippen molar-refractivity contribution in [3.05, 3.63) is 35.9 Å². The Hall–Kier alpha value is -1.88. The van der Waals surface area contributed by atoms with Gasteiger partial charge in [-0.3, -0.25) is 4.79 Å². The van der Waals surface area contributed by atoms with Gasteiger partial charge in [-0.25, -0.2) is 4.79 Å². The highest BCUT2D eigenvalue weighted by Gasteiger charge is 2.24. The maximum Gasteiger partial charge on any atom is 0.327 e. The Kier molecular flexibility index (Phi) is 5.12. The van der Waals surface area contributed by atoms with E-state index in [2.05, 4.69) is 10.2 Å². The zero-order chi connectivity index (χ0) is 14.4. The lowest BCUT2D eigenvalue weighted by Crippen LogP contribution is -2.49. The molecule has 5 heteroatoms. The highest BCUT2D eigenvalue weighted by Crippen LogP contribution is 2.09. The molecule has 0 radical (unpaired) electrons. The molecule has 1 amide bonds. The van der Waals surface area contributed by atoms with Gasteiger partial charge in [-0.1, -0.05) is 24.6 Å². The number of amides is 1. The standard InChI is InChI=1S/C15H20N2O3/c18-14(12-7-3-1-4-8-12)16-13(15(19)20)11-17-9-5-2-6-10-17/h1,3-4,7-8,13H,2,5-6,9-11H2,(H,16,18)(H,19,20)/t13-/m0/s1. The monoisotopic (exact) mass is 276 g/mol. The summed E-state index contributed by atoms with van der Waals surface area (Å²) in [5, 5.41) is 11.9.